The maximum Gasteiger partial charge on any atom is 0.331 e. The van der Waals surface area contributed by atoms with Crippen molar-refractivity contribution in [2.24, 2.45) is 5.41 Å². The molecule has 0 aromatic heterocycles. The molecule has 0 bridgehead atoms. The standard InChI is InChI=1S/C25H38O4/c1-18(10-12-22-19(2)8-6-14-25(22,3)4)7-5-9-20(16-26)11-13-23-21(17-27)15-24(28)29-23/h7,11,15,23,26-27H,5-6,8-10,12-14,16-17H2,1-4H3/b18-7+,20-11+. The van der Waals surface area contributed by atoms with Crippen molar-refractivity contribution in [2.75, 3.05) is 13.2 Å². The molecule has 1 atom stereocenters. The minimum absolute atomic E-state index is 0.00595. The van der Waals surface area contributed by atoms with E-state index >= 15 is 0 Å². The molecule has 1 aliphatic carbocycles. The van der Waals surface area contributed by atoms with E-state index in [-0.39, 0.29) is 13.2 Å². The van der Waals surface area contributed by atoms with Crippen LogP contribution >= 0.6 is 0 Å². The highest BCUT2D eigenvalue weighted by atomic mass is 16.5. The molecular formula is C25H38O4. The molecule has 4 heteroatoms. The molecule has 2 N–H and O–H groups in total. The van der Waals surface area contributed by atoms with E-state index in [0.717, 1.165) is 31.3 Å². The van der Waals surface area contributed by atoms with Gasteiger partial charge >= 0.3 is 5.97 Å². The minimum Gasteiger partial charge on any atom is -0.454 e. The van der Waals surface area contributed by atoms with E-state index < -0.39 is 12.1 Å². The third-order valence-electron chi connectivity index (χ3n) is 6.39. The number of carbonyl (C=O) groups excluding carboxylic acids is 1. The first-order chi connectivity index (χ1) is 13.8. The van der Waals surface area contributed by atoms with Gasteiger partial charge in [0, 0.05) is 18.1 Å². The lowest BCUT2D eigenvalue weighted by molar-refractivity contribution is -0.138. The molecule has 0 aromatic rings. The Kier molecular flexibility index (Phi) is 8.91. The molecule has 0 fully saturated rings. The second-order valence-electron chi connectivity index (χ2n) is 9.14. The molecule has 1 heterocycles. The van der Waals surface area contributed by atoms with Crippen molar-refractivity contribution in [1.82, 2.24) is 0 Å². The number of carbonyl (C=O) groups is 1. The summed E-state index contributed by atoms with van der Waals surface area (Å²) in [6, 6.07) is 0. The summed E-state index contributed by atoms with van der Waals surface area (Å²) in [4.78, 5) is 11.3. The first-order valence-corrected chi connectivity index (χ1v) is 10.9. The number of esters is 1. The predicted octanol–water partition coefficient (Wildman–Crippen LogP) is 5.17. The molecule has 2 rings (SSSR count). The Balaban J connectivity index is 1.82. The summed E-state index contributed by atoms with van der Waals surface area (Å²) in [5.41, 5.74) is 6.52. The summed E-state index contributed by atoms with van der Waals surface area (Å²) in [7, 11) is 0. The highest BCUT2D eigenvalue weighted by Gasteiger charge is 2.27. The van der Waals surface area contributed by atoms with Crippen LogP contribution in [0.25, 0.3) is 0 Å². The first-order valence-electron chi connectivity index (χ1n) is 10.9. The number of hydrogen-bond acceptors (Lipinski definition) is 4. The van der Waals surface area contributed by atoms with E-state index in [9.17, 15) is 15.0 Å². The Morgan fingerprint density at radius 3 is 2.69 bits per heavy atom. The number of rotatable bonds is 10. The smallest absolute Gasteiger partial charge is 0.331 e. The maximum absolute atomic E-state index is 11.3. The van der Waals surface area contributed by atoms with Crippen LogP contribution in [-0.4, -0.2) is 35.5 Å². The number of ether oxygens (including phenoxy) is 1. The minimum atomic E-state index is -0.401. The monoisotopic (exact) mass is 402 g/mol. The number of aliphatic hydroxyl groups excluding tert-OH is 2. The summed E-state index contributed by atoms with van der Waals surface area (Å²) in [5, 5.41) is 18.9. The van der Waals surface area contributed by atoms with Crippen molar-refractivity contribution < 1.29 is 19.7 Å². The predicted molar refractivity (Wildman–Crippen MR) is 117 cm³/mol. The summed E-state index contributed by atoms with van der Waals surface area (Å²) in [5.74, 6) is -0.400. The molecule has 1 aliphatic heterocycles. The van der Waals surface area contributed by atoms with Gasteiger partial charge in [0.2, 0.25) is 0 Å². The van der Waals surface area contributed by atoms with E-state index in [0.29, 0.717) is 17.4 Å². The average Bonchev–Trinajstić information content (AvgIpc) is 3.03. The fourth-order valence-corrected chi connectivity index (χ4v) is 4.52. The number of hydrogen-bond donors (Lipinski definition) is 2. The topological polar surface area (TPSA) is 66.8 Å². The van der Waals surface area contributed by atoms with Crippen molar-refractivity contribution in [3.8, 4) is 0 Å². The lowest BCUT2D eigenvalue weighted by Gasteiger charge is -2.35. The van der Waals surface area contributed by atoms with Gasteiger partial charge in [-0.25, -0.2) is 4.79 Å². The van der Waals surface area contributed by atoms with Gasteiger partial charge in [-0.2, -0.15) is 0 Å². The number of aliphatic hydroxyl groups is 2. The van der Waals surface area contributed by atoms with Crippen LogP contribution in [0, 0.1) is 5.41 Å². The molecule has 1 unspecified atom stereocenters. The van der Waals surface area contributed by atoms with E-state index in [2.05, 4.69) is 33.8 Å². The van der Waals surface area contributed by atoms with Crippen LogP contribution in [0.1, 0.15) is 79.1 Å². The van der Waals surface area contributed by atoms with Crippen molar-refractivity contribution in [3.63, 3.8) is 0 Å². The molecule has 0 saturated heterocycles. The summed E-state index contributed by atoms with van der Waals surface area (Å²) in [6.45, 7) is 9.08. The summed E-state index contributed by atoms with van der Waals surface area (Å²) in [6.07, 6.45) is 13.4. The third-order valence-corrected chi connectivity index (χ3v) is 6.39. The highest BCUT2D eigenvalue weighted by molar-refractivity contribution is 5.85. The summed E-state index contributed by atoms with van der Waals surface area (Å²) >= 11 is 0. The van der Waals surface area contributed by atoms with Crippen LogP contribution in [0.5, 0.6) is 0 Å². The van der Waals surface area contributed by atoms with Crippen molar-refractivity contribution >= 4 is 5.97 Å². The normalized spacial score (nSPS) is 22.8. The maximum atomic E-state index is 11.3. The van der Waals surface area contributed by atoms with Crippen molar-refractivity contribution in [1.29, 1.82) is 0 Å². The van der Waals surface area contributed by atoms with Gasteiger partial charge in [-0.15, -0.1) is 0 Å². The zero-order valence-electron chi connectivity index (χ0n) is 18.6. The zero-order valence-corrected chi connectivity index (χ0v) is 18.6. The Morgan fingerprint density at radius 2 is 2.03 bits per heavy atom. The Morgan fingerprint density at radius 1 is 1.28 bits per heavy atom. The van der Waals surface area contributed by atoms with Crippen LogP contribution in [-0.2, 0) is 9.53 Å². The van der Waals surface area contributed by atoms with Crippen LogP contribution in [0.15, 0.2) is 46.1 Å². The van der Waals surface area contributed by atoms with Gasteiger partial charge in [-0.1, -0.05) is 42.7 Å². The quantitative estimate of drug-likeness (QED) is 0.391. The molecule has 0 aromatic carbocycles. The van der Waals surface area contributed by atoms with E-state index in [1.165, 1.54) is 30.9 Å². The van der Waals surface area contributed by atoms with Gasteiger partial charge in [-0.3, -0.25) is 0 Å². The van der Waals surface area contributed by atoms with Gasteiger partial charge in [0.15, 0.2) is 0 Å². The first kappa shape index (κ1) is 23.6. The SMILES string of the molecule is CC1=C(CC/C(C)=C/CC/C(=C\CC2OC(=O)C=C2CO)CO)C(C)(C)CCC1. The number of allylic oxidation sites excluding steroid dienone is 4. The Hall–Kier alpha value is -1.65. The molecule has 162 valence electrons. The van der Waals surface area contributed by atoms with Crippen LogP contribution in [0.4, 0.5) is 0 Å². The molecule has 0 saturated carbocycles. The fraction of sp³-hybridized carbons (Fsp3) is 0.640. The second kappa shape index (κ2) is 10.9. The van der Waals surface area contributed by atoms with Gasteiger partial charge in [0.05, 0.1) is 13.2 Å². The van der Waals surface area contributed by atoms with Crippen LogP contribution in [0.3, 0.4) is 0 Å². The highest BCUT2D eigenvalue weighted by Crippen LogP contribution is 2.42. The summed E-state index contributed by atoms with van der Waals surface area (Å²) < 4.78 is 5.18. The molecular weight excluding hydrogens is 364 g/mol. The van der Waals surface area contributed by atoms with Crippen molar-refractivity contribution in [3.05, 3.63) is 46.1 Å². The molecule has 0 spiro atoms. The molecule has 4 nitrogen and oxygen atoms in total. The second-order valence-corrected chi connectivity index (χ2v) is 9.14. The molecule has 0 radical (unpaired) electrons. The van der Waals surface area contributed by atoms with Gasteiger partial charge < -0.3 is 14.9 Å². The van der Waals surface area contributed by atoms with E-state index in [1.807, 2.05) is 6.08 Å². The lowest BCUT2D eigenvalue weighted by atomic mass is 9.71. The van der Waals surface area contributed by atoms with Gasteiger partial charge in [0.25, 0.3) is 0 Å². The lowest BCUT2D eigenvalue weighted by Crippen LogP contribution is -2.20. The fourth-order valence-electron chi connectivity index (χ4n) is 4.52. The van der Waals surface area contributed by atoms with Crippen LogP contribution in [0.2, 0.25) is 0 Å². The largest absolute Gasteiger partial charge is 0.454 e. The Bertz CT molecular complexity index is 706. The van der Waals surface area contributed by atoms with Crippen molar-refractivity contribution in [2.45, 2.75) is 85.2 Å². The van der Waals surface area contributed by atoms with E-state index in [1.54, 1.807) is 11.1 Å². The van der Waals surface area contributed by atoms with Gasteiger partial charge in [0.1, 0.15) is 6.10 Å². The molecule has 29 heavy (non-hydrogen) atoms. The zero-order chi connectivity index (χ0) is 21.4. The Labute approximate surface area is 176 Å². The molecule has 0 amide bonds. The third kappa shape index (κ3) is 6.97. The molecule has 2 aliphatic rings. The van der Waals surface area contributed by atoms with Gasteiger partial charge in [-0.05, 0) is 69.8 Å². The van der Waals surface area contributed by atoms with Crippen LogP contribution < -0.4 is 0 Å². The number of cyclic esters (lactones) is 1. The average molecular weight is 403 g/mol. The van der Waals surface area contributed by atoms with E-state index in [4.69, 9.17) is 4.74 Å².